The molecule has 21 heavy (non-hydrogen) atoms. The van der Waals surface area contributed by atoms with Gasteiger partial charge in [0, 0.05) is 17.7 Å². The number of primary sulfonamides is 1. The summed E-state index contributed by atoms with van der Waals surface area (Å²) in [6, 6.07) is 1.34. The van der Waals surface area contributed by atoms with Crippen LogP contribution in [0.1, 0.15) is 29.6 Å². The number of nitro groups is 1. The molecule has 3 N–H and O–H groups in total. The van der Waals surface area contributed by atoms with Crippen molar-refractivity contribution in [3.8, 4) is 0 Å². The molecule has 0 spiro atoms. The van der Waals surface area contributed by atoms with Gasteiger partial charge in [-0.15, -0.1) is 0 Å². The summed E-state index contributed by atoms with van der Waals surface area (Å²) in [4.78, 5) is 20.5. The number of hydrogen-bond donors (Lipinski definition) is 2. The summed E-state index contributed by atoms with van der Waals surface area (Å²) in [6.45, 7) is 0. The van der Waals surface area contributed by atoms with Crippen molar-refractivity contribution >= 4 is 21.6 Å². The van der Waals surface area contributed by atoms with E-state index in [1.165, 1.54) is 0 Å². The van der Waals surface area contributed by atoms with E-state index in [0.29, 0.717) is 12.1 Å². The molecule has 0 aliphatic heterocycles. The molecule has 0 aromatic heterocycles. The number of hydrogen-bond acceptors (Lipinski definition) is 5. The minimum absolute atomic E-state index is 0.0560. The van der Waals surface area contributed by atoms with Gasteiger partial charge in [-0.2, -0.15) is 4.39 Å². The molecule has 0 radical (unpaired) electrons. The van der Waals surface area contributed by atoms with Gasteiger partial charge in [-0.05, 0) is 25.3 Å². The lowest BCUT2D eigenvalue weighted by Crippen LogP contribution is -2.39. The summed E-state index contributed by atoms with van der Waals surface area (Å²) in [5.41, 5.74) is -1.43. The molecule has 1 aromatic carbocycles. The zero-order valence-corrected chi connectivity index (χ0v) is 11.5. The number of carbonyl (C=O) groups is 1. The van der Waals surface area contributed by atoms with Crippen LogP contribution >= 0.6 is 0 Å². The first-order chi connectivity index (χ1) is 9.70. The van der Waals surface area contributed by atoms with Crippen LogP contribution in [-0.2, 0) is 10.0 Å². The lowest BCUT2D eigenvalue weighted by atomic mass is 9.93. The summed E-state index contributed by atoms with van der Waals surface area (Å²) in [6.07, 6.45) is 2.51. The summed E-state index contributed by atoms with van der Waals surface area (Å²) < 4.78 is 36.3. The van der Waals surface area contributed by atoms with Gasteiger partial charge in [-0.1, -0.05) is 0 Å². The van der Waals surface area contributed by atoms with Crippen LogP contribution < -0.4 is 10.5 Å². The zero-order valence-electron chi connectivity index (χ0n) is 10.7. The SMILES string of the molecule is NS(=O)(=O)c1cc(C(=O)NC2CCC2)cc([N+](=O)[O-])c1F. The van der Waals surface area contributed by atoms with Crippen LogP contribution in [0.5, 0.6) is 0 Å². The minimum Gasteiger partial charge on any atom is -0.349 e. The first kappa shape index (κ1) is 15.3. The fourth-order valence-corrected chi connectivity index (χ4v) is 2.52. The average molecular weight is 317 g/mol. The van der Waals surface area contributed by atoms with Crippen molar-refractivity contribution in [3.63, 3.8) is 0 Å². The summed E-state index contributed by atoms with van der Waals surface area (Å²) in [5, 5.41) is 18.2. The number of sulfonamides is 1. The van der Waals surface area contributed by atoms with Crippen molar-refractivity contribution in [3.05, 3.63) is 33.6 Å². The average Bonchev–Trinajstić information content (AvgIpc) is 2.31. The van der Waals surface area contributed by atoms with Crippen molar-refractivity contribution in [2.45, 2.75) is 30.2 Å². The van der Waals surface area contributed by atoms with Crippen LogP contribution in [0.25, 0.3) is 0 Å². The topological polar surface area (TPSA) is 132 Å². The fourth-order valence-electron chi connectivity index (χ4n) is 1.88. The molecule has 0 saturated heterocycles. The standard InChI is InChI=1S/C11H12FN3O5S/c12-10-8(15(17)18)4-6(5-9(10)21(13,19)20)11(16)14-7-2-1-3-7/h4-5,7H,1-3H2,(H,14,16)(H2,13,19,20). The van der Waals surface area contributed by atoms with E-state index in [4.69, 9.17) is 5.14 Å². The predicted octanol–water partition coefficient (Wildman–Crippen LogP) is 0.664. The molecule has 0 heterocycles. The zero-order chi connectivity index (χ0) is 15.8. The number of nitrogens with two attached hydrogens (primary N) is 1. The maximum Gasteiger partial charge on any atom is 0.307 e. The molecular formula is C11H12FN3O5S. The van der Waals surface area contributed by atoms with Gasteiger partial charge in [0.05, 0.1) is 4.92 Å². The van der Waals surface area contributed by atoms with Gasteiger partial charge in [-0.25, -0.2) is 13.6 Å². The van der Waals surface area contributed by atoms with Crippen molar-refractivity contribution < 1.29 is 22.5 Å². The third-order valence-electron chi connectivity index (χ3n) is 3.23. The van der Waals surface area contributed by atoms with Gasteiger partial charge >= 0.3 is 5.69 Å². The van der Waals surface area contributed by atoms with Gasteiger partial charge < -0.3 is 5.32 Å². The molecule has 10 heteroatoms. The van der Waals surface area contributed by atoms with Crippen LogP contribution in [0.15, 0.2) is 17.0 Å². The highest BCUT2D eigenvalue weighted by Gasteiger charge is 2.28. The van der Waals surface area contributed by atoms with E-state index in [0.717, 1.165) is 19.3 Å². The first-order valence-corrected chi connectivity index (χ1v) is 7.56. The molecule has 114 valence electrons. The molecule has 0 atom stereocenters. The Balaban J connectivity index is 2.48. The normalized spacial score (nSPS) is 15.3. The number of nitro benzene ring substituents is 1. The number of nitrogens with zero attached hydrogens (tertiary/aromatic N) is 1. The highest BCUT2D eigenvalue weighted by molar-refractivity contribution is 7.89. The van der Waals surface area contributed by atoms with Crippen molar-refractivity contribution in [2.75, 3.05) is 0 Å². The Morgan fingerprint density at radius 3 is 2.48 bits per heavy atom. The number of halogens is 1. The number of benzene rings is 1. The number of amides is 1. The highest BCUT2D eigenvalue weighted by Crippen LogP contribution is 2.26. The molecule has 1 amide bonds. The van der Waals surface area contributed by atoms with Crippen molar-refractivity contribution in [1.82, 2.24) is 5.32 Å². The quantitative estimate of drug-likeness (QED) is 0.622. The Labute approximate surface area is 119 Å². The van der Waals surface area contributed by atoms with Crippen LogP contribution in [0.3, 0.4) is 0 Å². The third-order valence-corrected chi connectivity index (χ3v) is 4.14. The summed E-state index contributed by atoms with van der Waals surface area (Å²) in [7, 11) is -4.53. The maximum absolute atomic E-state index is 13.8. The Morgan fingerprint density at radius 2 is 2.05 bits per heavy atom. The Morgan fingerprint density at radius 1 is 1.43 bits per heavy atom. The monoisotopic (exact) mass is 317 g/mol. The molecule has 1 aliphatic rings. The van der Waals surface area contributed by atoms with Crippen molar-refractivity contribution in [1.29, 1.82) is 0 Å². The van der Waals surface area contributed by atoms with Crippen LogP contribution in [-0.4, -0.2) is 25.3 Å². The Kier molecular flexibility index (Phi) is 3.92. The second-order valence-electron chi connectivity index (χ2n) is 4.71. The molecule has 1 aromatic rings. The van der Waals surface area contributed by atoms with Gasteiger partial charge in [0.2, 0.25) is 15.8 Å². The Hall–Kier alpha value is -2.07. The largest absolute Gasteiger partial charge is 0.349 e. The van der Waals surface area contributed by atoms with Gasteiger partial charge in [0.25, 0.3) is 5.91 Å². The second kappa shape index (κ2) is 5.37. The molecule has 8 nitrogen and oxygen atoms in total. The van der Waals surface area contributed by atoms with Gasteiger partial charge in [0.15, 0.2) is 0 Å². The van der Waals surface area contributed by atoms with E-state index in [9.17, 15) is 27.7 Å². The molecule has 1 aliphatic carbocycles. The minimum atomic E-state index is -4.53. The number of nitrogens with one attached hydrogen (secondary N) is 1. The smallest absolute Gasteiger partial charge is 0.307 e. The lowest BCUT2D eigenvalue weighted by Gasteiger charge is -2.26. The lowest BCUT2D eigenvalue weighted by molar-refractivity contribution is -0.387. The second-order valence-corrected chi connectivity index (χ2v) is 6.24. The van der Waals surface area contributed by atoms with Crippen LogP contribution in [0, 0.1) is 15.9 Å². The van der Waals surface area contributed by atoms with E-state index in [1.54, 1.807) is 0 Å². The number of rotatable bonds is 4. The number of carbonyl (C=O) groups excluding carboxylic acids is 1. The van der Waals surface area contributed by atoms with E-state index < -0.39 is 37.3 Å². The highest BCUT2D eigenvalue weighted by atomic mass is 32.2. The molecular weight excluding hydrogens is 305 g/mol. The molecule has 1 fully saturated rings. The van der Waals surface area contributed by atoms with E-state index in [1.807, 2.05) is 0 Å². The third kappa shape index (κ3) is 3.16. The predicted molar refractivity (Wildman–Crippen MR) is 69.5 cm³/mol. The summed E-state index contributed by atoms with van der Waals surface area (Å²) >= 11 is 0. The maximum atomic E-state index is 13.8. The summed E-state index contributed by atoms with van der Waals surface area (Å²) in [5.74, 6) is -2.28. The van der Waals surface area contributed by atoms with Crippen LogP contribution in [0.4, 0.5) is 10.1 Å². The first-order valence-electron chi connectivity index (χ1n) is 6.01. The Bertz CT molecular complexity index is 715. The van der Waals surface area contributed by atoms with E-state index in [-0.39, 0.29) is 11.6 Å². The van der Waals surface area contributed by atoms with Gasteiger partial charge in [0.1, 0.15) is 4.90 Å². The van der Waals surface area contributed by atoms with Crippen molar-refractivity contribution in [2.24, 2.45) is 5.14 Å². The molecule has 0 bridgehead atoms. The molecule has 1 saturated carbocycles. The molecule has 2 rings (SSSR count). The van der Waals surface area contributed by atoms with Gasteiger partial charge in [-0.3, -0.25) is 14.9 Å². The van der Waals surface area contributed by atoms with Crippen LogP contribution in [0.2, 0.25) is 0 Å². The molecule has 0 unspecified atom stereocenters. The van der Waals surface area contributed by atoms with E-state index >= 15 is 0 Å². The van der Waals surface area contributed by atoms with E-state index in [2.05, 4.69) is 5.32 Å². The fraction of sp³-hybridized carbons (Fsp3) is 0.364.